The van der Waals surface area contributed by atoms with E-state index in [9.17, 15) is 0 Å². The Morgan fingerprint density at radius 3 is 2.79 bits per heavy atom. The third kappa shape index (κ3) is 2.78. The van der Waals surface area contributed by atoms with Crippen LogP contribution in [0.15, 0.2) is 30.3 Å². The van der Waals surface area contributed by atoms with Crippen LogP contribution in [-0.2, 0) is 6.54 Å². The Labute approximate surface area is 170 Å². The van der Waals surface area contributed by atoms with Gasteiger partial charge in [-0.2, -0.15) is 5.10 Å². The van der Waals surface area contributed by atoms with Gasteiger partial charge in [-0.25, -0.2) is 0 Å². The highest BCUT2D eigenvalue weighted by Gasteiger charge is 2.33. The Hall–Kier alpha value is -2.99. The first-order valence-corrected chi connectivity index (χ1v) is 9.84. The lowest BCUT2D eigenvalue weighted by atomic mass is 9.96. The minimum atomic E-state index is -0.366. The van der Waals surface area contributed by atoms with Crippen LogP contribution in [0.2, 0.25) is 0 Å². The normalized spacial score (nSPS) is 15.7. The van der Waals surface area contributed by atoms with Crippen molar-refractivity contribution in [2.24, 2.45) is 0 Å². The highest BCUT2D eigenvalue weighted by atomic mass is 16.5. The van der Waals surface area contributed by atoms with Gasteiger partial charge in [-0.05, 0) is 52.2 Å². The summed E-state index contributed by atoms with van der Waals surface area (Å²) in [5, 5.41) is 6.02. The minimum absolute atomic E-state index is 0.366. The fraction of sp³-hybridized carbons (Fsp3) is 0.348. The standard InChI is InChI=1S/C23H25N3O3/c1-23(2)10-9-14-18(29-23)13-16-19-20(24-26(16)12-11-25(3)4)15-7-6-8-17(27-5)21(15)28-22(14)19/h6-10,13H,11-12H2,1-5H3. The summed E-state index contributed by atoms with van der Waals surface area (Å²) >= 11 is 0. The molecule has 5 rings (SSSR count). The molecule has 0 radical (unpaired) electrons. The molecule has 1 aromatic heterocycles. The zero-order valence-corrected chi connectivity index (χ0v) is 17.4. The summed E-state index contributed by atoms with van der Waals surface area (Å²) in [5.74, 6) is 3.00. The lowest BCUT2D eigenvalue weighted by Gasteiger charge is -2.30. The molecule has 2 aliphatic rings. The van der Waals surface area contributed by atoms with Crippen LogP contribution in [0.4, 0.5) is 0 Å². The van der Waals surface area contributed by atoms with Crippen molar-refractivity contribution in [2.75, 3.05) is 27.7 Å². The van der Waals surface area contributed by atoms with Crippen molar-refractivity contribution in [3.8, 4) is 34.3 Å². The van der Waals surface area contributed by atoms with Crippen LogP contribution < -0.4 is 14.2 Å². The summed E-state index contributed by atoms with van der Waals surface area (Å²) in [7, 11) is 5.79. The Balaban J connectivity index is 1.80. The van der Waals surface area contributed by atoms with Crippen LogP contribution in [0.25, 0.3) is 28.2 Å². The molecule has 0 aliphatic carbocycles. The summed E-state index contributed by atoms with van der Waals surface area (Å²) in [6.07, 6.45) is 4.16. The molecule has 0 fully saturated rings. The maximum absolute atomic E-state index is 6.46. The fourth-order valence-corrected chi connectivity index (χ4v) is 3.97. The maximum atomic E-state index is 6.46. The second kappa shape index (κ2) is 6.26. The average molecular weight is 391 g/mol. The molecule has 0 N–H and O–H groups in total. The van der Waals surface area contributed by atoms with E-state index in [0.29, 0.717) is 11.5 Å². The van der Waals surface area contributed by atoms with Gasteiger partial charge in [-0.15, -0.1) is 0 Å². The van der Waals surface area contributed by atoms with Crippen LogP contribution >= 0.6 is 0 Å². The van der Waals surface area contributed by atoms with Crippen LogP contribution in [0.3, 0.4) is 0 Å². The Morgan fingerprint density at radius 1 is 1.21 bits per heavy atom. The van der Waals surface area contributed by atoms with Gasteiger partial charge in [-0.3, -0.25) is 4.68 Å². The first kappa shape index (κ1) is 18.1. The third-order valence-corrected chi connectivity index (χ3v) is 5.44. The number of methoxy groups -OCH3 is 1. The van der Waals surface area contributed by atoms with Crippen LogP contribution in [0.5, 0.6) is 23.0 Å². The SMILES string of the molecule is COc1cccc2c1Oc1c3c(cc4c1c-2nn4CCN(C)C)OC(C)(C)C=C3. The predicted octanol–water partition coefficient (Wildman–Crippen LogP) is 4.56. The molecule has 0 saturated carbocycles. The Morgan fingerprint density at radius 2 is 2.03 bits per heavy atom. The van der Waals surface area contributed by atoms with Gasteiger partial charge in [0.25, 0.3) is 0 Å². The molecule has 0 saturated heterocycles. The number of hydrogen-bond donors (Lipinski definition) is 0. The van der Waals surface area contributed by atoms with Crippen molar-refractivity contribution in [3.05, 3.63) is 35.9 Å². The van der Waals surface area contributed by atoms with E-state index in [1.54, 1.807) is 7.11 Å². The number of hydrogen-bond acceptors (Lipinski definition) is 5. The molecule has 3 heterocycles. The number of nitrogens with zero attached hydrogens (tertiary/aromatic N) is 3. The Kier molecular flexibility index (Phi) is 3.90. The van der Waals surface area contributed by atoms with E-state index in [1.165, 1.54) is 0 Å². The number of likely N-dealkylation sites (N-methyl/N-ethyl adjacent to an activating group) is 1. The molecule has 0 unspecified atom stereocenters. The molecule has 2 aliphatic heterocycles. The van der Waals surface area contributed by atoms with Crippen molar-refractivity contribution in [2.45, 2.75) is 26.0 Å². The number of benzene rings is 2. The zero-order chi connectivity index (χ0) is 20.3. The van der Waals surface area contributed by atoms with Gasteiger partial charge < -0.3 is 19.1 Å². The molecule has 0 spiro atoms. The van der Waals surface area contributed by atoms with Gasteiger partial charge in [0.15, 0.2) is 11.5 Å². The monoisotopic (exact) mass is 391 g/mol. The van der Waals surface area contributed by atoms with Crippen molar-refractivity contribution < 1.29 is 14.2 Å². The van der Waals surface area contributed by atoms with Gasteiger partial charge >= 0.3 is 0 Å². The summed E-state index contributed by atoms with van der Waals surface area (Å²) in [4.78, 5) is 2.15. The number of ether oxygens (including phenoxy) is 3. The summed E-state index contributed by atoms with van der Waals surface area (Å²) in [6.45, 7) is 5.77. The maximum Gasteiger partial charge on any atom is 0.178 e. The van der Waals surface area contributed by atoms with Crippen molar-refractivity contribution in [1.82, 2.24) is 14.7 Å². The highest BCUT2D eigenvalue weighted by molar-refractivity contribution is 6.05. The fourth-order valence-electron chi connectivity index (χ4n) is 3.97. The second-order valence-electron chi connectivity index (χ2n) is 8.36. The van der Waals surface area contributed by atoms with Gasteiger partial charge in [0, 0.05) is 18.2 Å². The zero-order valence-electron chi connectivity index (χ0n) is 17.4. The second-order valence-corrected chi connectivity index (χ2v) is 8.36. The number of rotatable bonds is 4. The molecule has 6 heteroatoms. The average Bonchev–Trinajstić information content (AvgIpc) is 3.04. The highest BCUT2D eigenvalue weighted by Crippen LogP contribution is 2.54. The number of para-hydroxylation sites is 1. The number of aromatic nitrogens is 2. The van der Waals surface area contributed by atoms with Crippen molar-refractivity contribution in [1.29, 1.82) is 0 Å². The topological polar surface area (TPSA) is 48.8 Å². The quantitative estimate of drug-likeness (QED) is 0.510. The summed E-state index contributed by atoms with van der Waals surface area (Å²) in [5.41, 5.74) is 3.48. The minimum Gasteiger partial charge on any atom is -0.493 e. The van der Waals surface area contributed by atoms with Crippen LogP contribution in [0.1, 0.15) is 19.4 Å². The van der Waals surface area contributed by atoms with Crippen LogP contribution in [0, 0.1) is 0 Å². The summed E-state index contributed by atoms with van der Waals surface area (Å²) in [6, 6.07) is 8.02. The lowest BCUT2D eigenvalue weighted by Crippen LogP contribution is -2.27. The van der Waals surface area contributed by atoms with Gasteiger partial charge in [-0.1, -0.05) is 6.07 Å². The molecular weight excluding hydrogens is 366 g/mol. The molecule has 3 aromatic rings. The van der Waals surface area contributed by atoms with Crippen LogP contribution in [-0.4, -0.2) is 48.0 Å². The van der Waals surface area contributed by atoms with E-state index >= 15 is 0 Å². The van der Waals surface area contributed by atoms with E-state index in [4.69, 9.17) is 19.3 Å². The Bertz CT molecular complexity index is 1160. The number of fused-ring (bicyclic) bond motifs is 4. The molecular formula is C23H25N3O3. The molecule has 0 bridgehead atoms. The predicted molar refractivity (Wildman–Crippen MR) is 114 cm³/mol. The smallest absolute Gasteiger partial charge is 0.178 e. The van der Waals surface area contributed by atoms with E-state index in [-0.39, 0.29) is 5.60 Å². The molecule has 6 nitrogen and oxygen atoms in total. The van der Waals surface area contributed by atoms with E-state index in [1.807, 2.05) is 18.2 Å². The molecule has 29 heavy (non-hydrogen) atoms. The van der Waals surface area contributed by atoms with Gasteiger partial charge in [0.2, 0.25) is 0 Å². The molecule has 150 valence electrons. The van der Waals surface area contributed by atoms with E-state index < -0.39 is 0 Å². The van der Waals surface area contributed by atoms with Crippen molar-refractivity contribution >= 4 is 17.0 Å². The van der Waals surface area contributed by atoms with Gasteiger partial charge in [0.1, 0.15) is 22.8 Å². The largest absolute Gasteiger partial charge is 0.493 e. The first-order chi connectivity index (χ1) is 13.9. The summed E-state index contributed by atoms with van der Waals surface area (Å²) < 4.78 is 20.4. The van der Waals surface area contributed by atoms with E-state index in [0.717, 1.165) is 52.3 Å². The van der Waals surface area contributed by atoms with Crippen molar-refractivity contribution in [3.63, 3.8) is 0 Å². The lowest BCUT2D eigenvalue weighted by molar-refractivity contribution is 0.158. The van der Waals surface area contributed by atoms with E-state index in [2.05, 4.69) is 55.7 Å². The first-order valence-electron chi connectivity index (χ1n) is 9.84. The van der Waals surface area contributed by atoms with Gasteiger partial charge in [0.05, 0.1) is 30.1 Å². The third-order valence-electron chi connectivity index (χ3n) is 5.44. The molecule has 0 amide bonds. The molecule has 0 atom stereocenters. The molecule has 2 aromatic carbocycles.